The third kappa shape index (κ3) is 2.43. The second-order valence-corrected chi connectivity index (χ2v) is 5.92. The number of pyridine rings is 1. The first-order valence-corrected chi connectivity index (χ1v) is 7.29. The van der Waals surface area contributed by atoms with E-state index in [-0.39, 0.29) is 0 Å². The summed E-state index contributed by atoms with van der Waals surface area (Å²) in [5, 5.41) is 4.59. The minimum atomic E-state index is 0.358. The molecule has 2 nitrogen and oxygen atoms in total. The number of fused-ring (bicyclic) bond motifs is 1. The number of nitrogens with one attached hydrogen (secondary N) is 1. The third-order valence-corrected chi connectivity index (χ3v) is 4.28. The highest BCUT2D eigenvalue weighted by Crippen LogP contribution is 2.38. The molecule has 1 aliphatic carbocycles. The van der Waals surface area contributed by atoms with Gasteiger partial charge in [-0.1, -0.05) is 31.0 Å². The molecule has 94 valence electrons. The Balaban J connectivity index is 2.00. The number of para-hydroxylation sites is 1. The lowest BCUT2D eigenvalue weighted by Crippen LogP contribution is -2.18. The highest BCUT2D eigenvalue weighted by Gasteiger charge is 2.27. The number of halogens is 1. The molecule has 1 heterocycles. The Kier molecular flexibility index (Phi) is 3.35. The molecule has 1 fully saturated rings. The summed E-state index contributed by atoms with van der Waals surface area (Å²) in [5.41, 5.74) is 2.22. The fourth-order valence-electron chi connectivity index (χ4n) is 2.40. The van der Waals surface area contributed by atoms with Gasteiger partial charge in [-0.3, -0.25) is 0 Å². The van der Waals surface area contributed by atoms with E-state index in [1.54, 1.807) is 0 Å². The van der Waals surface area contributed by atoms with E-state index in [0.29, 0.717) is 6.04 Å². The molecule has 0 amide bonds. The van der Waals surface area contributed by atoms with Crippen molar-refractivity contribution in [2.24, 2.45) is 5.92 Å². The molecule has 1 atom stereocenters. The van der Waals surface area contributed by atoms with Gasteiger partial charge in [-0.05, 0) is 47.4 Å². The molecular weight excluding hydrogens is 288 g/mol. The monoisotopic (exact) mass is 304 g/mol. The molecule has 1 aromatic heterocycles. The van der Waals surface area contributed by atoms with E-state index < -0.39 is 0 Å². The van der Waals surface area contributed by atoms with Crippen LogP contribution in [0, 0.1) is 5.92 Å². The van der Waals surface area contributed by atoms with Gasteiger partial charge < -0.3 is 5.32 Å². The normalized spacial score (nSPS) is 17.0. The molecule has 2 aromatic rings. The van der Waals surface area contributed by atoms with Crippen LogP contribution in [0.1, 0.15) is 31.0 Å². The Labute approximate surface area is 116 Å². The third-order valence-electron chi connectivity index (χ3n) is 3.65. The van der Waals surface area contributed by atoms with Gasteiger partial charge in [-0.15, -0.1) is 0 Å². The van der Waals surface area contributed by atoms with E-state index in [4.69, 9.17) is 4.98 Å². The van der Waals surface area contributed by atoms with Crippen molar-refractivity contribution >= 4 is 26.8 Å². The van der Waals surface area contributed by atoms with Crippen LogP contribution in [-0.4, -0.2) is 12.0 Å². The SMILES string of the molecule is CNC(CC1CC1)c1nc2ccccc2cc1Br. The molecule has 0 radical (unpaired) electrons. The zero-order valence-corrected chi connectivity index (χ0v) is 12.1. The molecule has 0 aliphatic heterocycles. The second kappa shape index (κ2) is 4.98. The first kappa shape index (κ1) is 12.1. The van der Waals surface area contributed by atoms with Gasteiger partial charge in [-0.2, -0.15) is 0 Å². The fourth-order valence-corrected chi connectivity index (χ4v) is 3.01. The maximum atomic E-state index is 4.82. The van der Waals surface area contributed by atoms with Crippen LogP contribution in [0.15, 0.2) is 34.8 Å². The molecule has 3 heteroatoms. The predicted octanol–water partition coefficient (Wildman–Crippen LogP) is 4.06. The number of hydrogen-bond acceptors (Lipinski definition) is 2. The Morgan fingerprint density at radius 3 is 2.89 bits per heavy atom. The average Bonchev–Trinajstić information content (AvgIpc) is 3.19. The fraction of sp³-hybridized carbons (Fsp3) is 0.400. The van der Waals surface area contributed by atoms with Crippen LogP contribution >= 0.6 is 15.9 Å². The predicted molar refractivity (Wildman–Crippen MR) is 78.6 cm³/mol. The average molecular weight is 305 g/mol. The van der Waals surface area contributed by atoms with E-state index in [9.17, 15) is 0 Å². The maximum absolute atomic E-state index is 4.82. The smallest absolute Gasteiger partial charge is 0.0722 e. The van der Waals surface area contributed by atoms with Gasteiger partial charge >= 0.3 is 0 Å². The van der Waals surface area contributed by atoms with Crippen molar-refractivity contribution in [1.82, 2.24) is 10.3 Å². The van der Waals surface area contributed by atoms with Gasteiger partial charge in [-0.25, -0.2) is 4.98 Å². The van der Waals surface area contributed by atoms with Gasteiger partial charge in [0.15, 0.2) is 0 Å². The summed E-state index contributed by atoms with van der Waals surface area (Å²) >= 11 is 3.67. The zero-order chi connectivity index (χ0) is 12.5. The Hall–Kier alpha value is -0.930. The summed E-state index contributed by atoms with van der Waals surface area (Å²) in [7, 11) is 2.02. The quantitative estimate of drug-likeness (QED) is 0.921. The van der Waals surface area contributed by atoms with Crippen LogP contribution in [0.3, 0.4) is 0 Å². The van der Waals surface area contributed by atoms with E-state index in [1.807, 2.05) is 13.1 Å². The summed E-state index contributed by atoms with van der Waals surface area (Å²) in [6.45, 7) is 0. The highest BCUT2D eigenvalue weighted by molar-refractivity contribution is 9.10. The van der Waals surface area contributed by atoms with Crippen LogP contribution in [-0.2, 0) is 0 Å². The van der Waals surface area contributed by atoms with Crippen molar-refractivity contribution in [3.05, 3.63) is 40.5 Å². The number of benzene rings is 1. The standard InChI is InChI=1S/C15H17BrN2/c1-17-14(8-10-6-7-10)15-12(16)9-11-4-2-3-5-13(11)18-15/h2-5,9-10,14,17H,6-8H2,1H3. The molecule has 1 saturated carbocycles. The number of hydrogen-bond donors (Lipinski definition) is 1. The Morgan fingerprint density at radius 2 is 2.17 bits per heavy atom. The van der Waals surface area contributed by atoms with Crippen molar-refractivity contribution in [2.75, 3.05) is 7.05 Å². The van der Waals surface area contributed by atoms with Crippen LogP contribution in [0.5, 0.6) is 0 Å². The molecule has 0 spiro atoms. The van der Waals surface area contributed by atoms with Crippen molar-refractivity contribution in [2.45, 2.75) is 25.3 Å². The van der Waals surface area contributed by atoms with E-state index in [2.05, 4.69) is 45.5 Å². The van der Waals surface area contributed by atoms with Crippen LogP contribution < -0.4 is 5.32 Å². The molecule has 1 N–H and O–H groups in total. The van der Waals surface area contributed by atoms with Crippen molar-refractivity contribution in [1.29, 1.82) is 0 Å². The number of rotatable bonds is 4. The highest BCUT2D eigenvalue weighted by atomic mass is 79.9. The van der Waals surface area contributed by atoms with Crippen LogP contribution in [0.25, 0.3) is 10.9 Å². The minimum Gasteiger partial charge on any atom is -0.312 e. The minimum absolute atomic E-state index is 0.358. The molecule has 0 saturated heterocycles. The van der Waals surface area contributed by atoms with Crippen molar-refractivity contribution in [3.63, 3.8) is 0 Å². The lowest BCUT2D eigenvalue weighted by molar-refractivity contribution is 0.502. The molecule has 3 rings (SSSR count). The van der Waals surface area contributed by atoms with E-state index in [1.165, 1.54) is 24.6 Å². The van der Waals surface area contributed by atoms with E-state index >= 15 is 0 Å². The van der Waals surface area contributed by atoms with Crippen LogP contribution in [0.2, 0.25) is 0 Å². The first-order chi connectivity index (χ1) is 8.78. The Bertz CT molecular complexity index is 563. The van der Waals surface area contributed by atoms with Gasteiger partial charge in [0.1, 0.15) is 0 Å². The van der Waals surface area contributed by atoms with Crippen molar-refractivity contribution in [3.8, 4) is 0 Å². The number of aromatic nitrogens is 1. The summed E-state index contributed by atoms with van der Waals surface area (Å²) in [5.74, 6) is 0.891. The summed E-state index contributed by atoms with van der Waals surface area (Å²) in [6, 6.07) is 10.8. The second-order valence-electron chi connectivity index (χ2n) is 5.07. The molecule has 1 unspecified atom stereocenters. The zero-order valence-electron chi connectivity index (χ0n) is 10.5. The topological polar surface area (TPSA) is 24.9 Å². The van der Waals surface area contributed by atoms with Crippen LogP contribution in [0.4, 0.5) is 0 Å². The van der Waals surface area contributed by atoms with Gasteiger partial charge in [0.05, 0.1) is 17.3 Å². The van der Waals surface area contributed by atoms with Gasteiger partial charge in [0.25, 0.3) is 0 Å². The summed E-state index contributed by atoms with van der Waals surface area (Å²) in [4.78, 5) is 4.82. The summed E-state index contributed by atoms with van der Waals surface area (Å²) in [6.07, 6.45) is 3.95. The lowest BCUT2D eigenvalue weighted by atomic mass is 10.1. The first-order valence-electron chi connectivity index (χ1n) is 6.50. The van der Waals surface area contributed by atoms with E-state index in [0.717, 1.165) is 21.6 Å². The van der Waals surface area contributed by atoms with Crippen molar-refractivity contribution < 1.29 is 0 Å². The molecule has 1 aliphatic rings. The lowest BCUT2D eigenvalue weighted by Gasteiger charge is -2.17. The maximum Gasteiger partial charge on any atom is 0.0722 e. The van der Waals surface area contributed by atoms with Gasteiger partial charge in [0.2, 0.25) is 0 Å². The number of nitrogens with zero attached hydrogens (tertiary/aromatic N) is 1. The summed E-state index contributed by atoms with van der Waals surface area (Å²) < 4.78 is 1.11. The molecular formula is C15H17BrN2. The molecule has 18 heavy (non-hydrogen) atoms. The molecule has 0 bridgehead atoms. The molecule has 1 aromatic carbocycles. The Morgan fingerprint density at radius 1 is 1.39 bits per heavy atom. The largest absolute Gasteiger partial charge is 0.312 e. The van der Waals surface area contributed by atoms with Gasteiger partial charge in [0, 0.05) is 9.86 Å².